The van der Waals surface area contributed by atoms with Gasteiger partial charge in [-0.1, -0.05) is 17.7 Å². The molecule has 1 fully saturated rings. The number of benzene rings is 2. The lowest BCUT2D eigenvalue weighted by Crippen LogP contribution is -2.39. The van der Waals surface area contributed by atoms with Gasteiger partial charge in [0.1, 0.15) is 11.5 Å². The van der Waals surface area contributed by atoms with Crippen LogP contribution in [0.3, 0.4) is 0 Å². The minimum Gasteiger partial charge on any atom is -0.497 e. The van der Waals surface area contributed by atoms with Gasteiger partial charge in [-0.2, -0.15) is 0 Å². The smallest absolute Gasteiger partial charge is 0.185 e. The van der Waals surface area contributed by atoms with Crippen molar-refractivity contribution in [1.82, 2.24) is 4.98 Å². The van der Waals surface area contributed by atoms with E-state index in [-0.39, 0.29) is 0 Å². The minimum atomic E-state index is -3.39. The first-order valence-corrected chi connectivity index (χ1v) is 13.1. The van der Waals surface area contributed by atoms with Crippen molar-refractivity contribution < 1.29 is 17.9 Å². The van der Waals surface area contributed by atoms with Crippen molar-refractivity contribution in [3.63, 3.8) is 0 Å². The van der Waals surface area contributed by atoms with Crippen molar-refractivity contribution in [2.45, 2.75) is 29.4 Å². The molecule has 1 saturated heterocycles. The molecule has 3 aromatic rings. The van der Waals surface area contributed by atoms with Crippen LogP contribution in [0.5, 0.6) is 11.5 Å². The number of aromatic nitrogens is 1. The van der Waals surface area contributed by atoms with E-state index in [4.69, 9.17) is 26.1 Å². The maximum Gasteiger partial charge on any atom is 0.185 e. The first-order valence-electron chi connectivity index (χ1n) is 10.3. The van der Waals surface area contributed by atoms with E-state index in [2.05, 4.69) is 10.3 Å². The Morgan fingerprint density at radius 3 is 2.41 bits per heavy atom. The van der Waals surface area contributed by atoms with Gasteiger partial charge in [-0.05, 0) is 48.7 Å². The number of thiazole rings is 1. The van der Waals surface area contributed by atoms with Crippen molar-refractivity contribution in [3.05, 3.63) is 64.1 Å². The normalized spacial score (nSPS) is 15.0. The second kappa shape index (κ2) is 9.68. The topological polar surface area (TPSA) is 68.7 Å². The predicted octanol–water partition coefficient (Wildman–Crippen LogP) is 4.85. The Morgan fingerprint density at radius 2 is 1.78 bits per heavy atom. The Kier molecular flexibility index (Phi) is 6.93. The Hall–Kier alpha value is -2.29. The van der Waals surface area contributed by atoms with Gasteiger partial charge in [0.25, 0.3) is 0 Å². The fourth-order valence-electron chi connectivity index (χ4n) is 3.89. The molecular weight excluding hydrogens is 468 g/mol. The molecule has 170 valence electrons. The molecule has 1 aromatic heterocycles. The summed E-state index contributed by atoms with van der Waals surface area (Å²) in [6, 6.07) is 12.3. The van der Waals surface area contributed by atoms with Gasteiger partial charge < -0.3 is 14.4 Å². The highest BCUT2D eigenvalue weighted by molar-refractivity contribution is 7.92. The standard InChI is InChI=1S/C23H25ClN2O4S2/c1-29-19-11-16(12-20(14-19)30-2)10-18-15-31-23(25-18)26-8-6-21(7-9-26)32(27,28)22-5-3-4-17(24)13-22/h3-5,11-15,21H,6-10H2,1-2H3. The van der Waals surface area contributed by atoms with E-state index in [0.717, 1.165) is 27.9 Å². The molecule has 32 heavy (non-hydrogen) atoms. The van der Waals surface area contributed by atoms with E-state index < -0.39 is 15.1 Å². The molecule has 9 heteroatoms. The molecule has 0 unspecified atom stereocenters. The summed E-state index contributed by atoms with van der Waals surface area (Å²) in [4.78, 5) is 7.26. The summed E-state index contributed by atoms with van der Waals surface area (Å²) in [7, 11) is -0.121. The van der Waals surface area contributed by atoms with Gasteiger partial charge in [0.2, 0.25) is 0 Å². The van der Waals surface area contributed by atoms with E-state index in [1.165, 1.54) is 6.07 Å². The zero-order chi connectivity index (χ0) is 22.7. The van der Waals surface area contributed by atoms with Crippen LogP contribution in [0.15, 0.2) is 52.7 Å². The number of halogens is 1. The first-order chi connectivity index (χ1) is 15.4. The van der Waals surface area contributed by atoms with Crippen molar-refractivity contribution in [2.24, 2.45) is 0 Å². The molecule has 0 aliphatic carbocycles. The van der Waals surface area contributed by atoms with Crippen molar-refractivity contribution in [3.8, 4) is 11.5 Å². The van der Waals surface area contributed by atoms with Gasteiger partial charge in [-0.15, -0.1) is 11.3 Å². The van der Waals surface area contributed by atoms with E-state index in [9.17, 15) is 8.42 Å². The molecule has 1 aliphatic rings. The molecule has 0 radical (unpaired) electrons. The molecule has 0 atom stereocenters. The molecule has 1 aliphatic heterocycles. The second-order valence-electron chi connectivity index (χ2n) is 7.71. The van der Waals surface area contributed by atoms with Gasteiger partial charge >= 0.3 is 0 Å². The number of sulfone groups is 1. The number of nitrogens with zero attached hydrogens (tertiary/aromatic N) is 2. The van der Waals surface area contributed by atoms with Gasteiger partial charge in [-0.25, -0.2) is 13.4 Å². The Labute approximate surface area is 197 Å². The van der Waals surface area contributed by atoms with Crippen LogP contribution in [0.25, 0.3) is 0 Å². The zero-order valence-corrected chi connectivity index (χ0v) is 20.3. The highest BCUT2D eigenvalue weighted by Crippen LogP contribution is 2.31. The fraction of sp³-hybridized carbons (Fsp3) is 0.348. The van der Waals surface area contributed by atoms with Crippen LogP contribution in [-0.2, 0) is 16.3 Å². The number of piperidine rings is 1. The maximum absolute atomic E-state index is 13.0. The van der Waals surface area contributed by atoms with Crippen LogP contribution < -0.4 is 14.4 Å². The summed E-state index contributed by atoms with van der Waals surface area (Å²) in [5, 5.41) is 3.01. The highest BCUT2D eigenvalue weighted by atomic mass is 35.5. The third-order valence-electron chi connectivity index (χ3n) is 5.61. The van der Waals surface area contributed by atoms with Crippen molar-refractivity contribution in [1.29, 1.82) is 0 Å². The Morgan fingerprint density at radius 1 is 1.09 bits per heavy atom. The third-order valence-corrected chi connectivity index (χ3v) is 9.06. The van der Waals surface area contributed by atoms with E-state index in [1.807, 2.05) is 18.2 Å². The first kappa shape index (κ1) is 22.9. The van der Waals surface area contributed by atoms with Gasteiger partial charge in [0.15, 0.2) is 15.0 Å². The van der Waals surface area contributed by atoms with Gasteiger partial charge in [0, 0.05) is 36.0 Å². The van der Waals surface area contributed by atoms with Crippen LogP contribution in [0, 0.1) is 0 Å². The average Bonchev–Trinajstić information content (AvgIpc) is 3.27. The number of hydrogen-bond donors (Lipinski definition) is 0. The summed E-state index contributed by atoms with van der Waals surface area (Å²) >= 11 is 7.58. The molecule has 6 nitrogen and oxygen atoms in total. The minimum absolute atomic E-state index is 0.300. The van der Waals surface area contributed by atoms with Crippen molar-refractivity contribution in [2.75, 3.05) is 32.2 Å². The summed E-state index contributed by atoms with van der Waals surface area (Å²) in [6.45, 7) is 1.31. The van der Waals surface area contributed by atoms with Crippen LogP contribution in [0.4, 0.5) is 5.13 Å². The lowest BCUT2D eigenvalue weighted by atomic mass is 10.1. The SMILES string of the molecule is COc1cc(Cc2csc(N3CCC(S(=O)(=O)c4cccc(Cl)c4)CC3)n2)cc(OC)c1. The number of rotatable bonds is 7. The van der Waals surface area contributed by atoms with E-state index in [0.29, 0.717) is 42.3 Å². The Balaban J connectivity index is 1.41. The molecule has 4 rings (SSSR count). The molecule has 0 bridgehead atoms. The maximum atomic E-state index is 13.0. The lowest BCUT2D eigenvalue weighted by Gasteiger charge is -2.31. The van der Waals surface area contributed by atoms with Crippen LogP contribution >= 0.6 is 22.9 Å². The van der Waals surface area contributed by atoms with Crippen LogP contribution in [0.1, 0.15) is 24.1 Å². The summed E-state index contributed by atoms with van der Waals surface area (Å²) in [5.41, 5.74) is 2.03. The van der Waals surface area contributed by atoms with Crippen LogP contribution in [0.2, 0.25) is 5.02 Å². The highest BCUT2D eigenvalue weighted by Gasteiger charge is 2.32. The summed E-state index contributed by atoms with van der Waals surface area (Å²) in [6.07, 6.45) is 1.80. The predicted molar refractivity (Wildman–Crippen MR) is 128 cm³/mol. The molecule has 0 amide bonds. The quantitative estimate of drug-likeness (QED) is 0.469. The number of hydrogen-bond acceptors (Lipinski definition) is 7. The number of anilines is 1. The monoisotopic (exact) mass is 492 g/mol. The fourth-order valence-corrected chi connectivity index (χ4v) is 6.80. The second-order valence-corrected chi connectivity index (χ2v) is 11.2. The zero-order valence-electron chi connectivity index (χ0n) is 18.0. The summed E-state index contributed by atoms with van der Waals surface area (Å²) < 4.78 is 36.7. The molecule has 2 heterocycles. The van der Waals surface area contributed by atoms with E-state index in [1.54, 1.807) is 43.8 Å². The molecular formula is C23H25ClN2O4S2. The number of ether oxygens (including phenoxy) is 2. The number of methoxy groups -OCH3 is 2. The molecule has 0 saturated carbocycles. The third kappa shape index (κ3) is 5.03. The molecule has 2 aromatic carbocycles. The van der Waals surface area contributed by atoms with Gasteiger partial charge in [0.05, 0.1) is 30.1 Å². The molecule has 0 N–H and O–H groups in total. The lowest BCUT2D eigenvalue weighted by molar-refractivity contribution is 0.393. The van der Waals surface area contributed by atoms with E-state index >= 15 is 0 Å². The Bertz CT molecular complexity index is 1170. The van der Waals surface area contributed by atoms with Gasteiger partial charge in [-0.3, -0.25) is 0 Å². The van der Waals surface area contributed by atoms with Crippen molar-refractivity contribution >= 4 is 37.9 Å². The van der Waals surface area contributed by atoms with Crippen LogP contribution in [-0.4, -0.2) is 46.0 Å². The molecule has 0 spiro atoms. The summed E-state index contributed by atoms with van der Waals surface area (Å²) in [5.74, 6) is 1.50. The average molecular weight is 493 g/mol. The largest absolute Gasteiger partial charge is 0.497 e.